The molecule has 1 fully saturated rings. The fraction of sp³-hybridized carbons (Fsp3) is 0.438. The lowest BCUT2D eigenvalue weighted by Gasteiger charge is -2.23. The molecule has 0 saturated carbocycles. The van der Waals surface area contributed by atoms with Gasteiger partial charge in [0.2, 0.25) is 0 Å². The van der Waals surface area contributed by atoms with E-state index in [1.54, 1.807) is 4.68 Å². The smallest absolute Gasteiger partial charge is 0.264 e. The predicted octanol–water partition coefficient (Wildman–Crippen LogP) is 2.65. The molecule has 1 aliphatic rings. The standard InChI is InChI=1S/C16H19N5OS/c1-10-12-7-14(23-16(12)20(3)18-10)15(22)21-6-4-5-13(21)11-8-17-19(2)9-11/h7-9,13H,4-6H2,1-3H3/t13-/m0/s1. The van der Waals surface area contributed by atoms with Crippen LogP contribution in [0.5, 0.6) is 0 Å². The third-order valence-corrected chi connectivity index (χ3v) is 5.72. The summed E-state index contributed by atoms with van der Waals surface area (Å²) in [6.07, 6.45) is 5.92. The Balaban J connectivity index is 1.67. The summed E-state index contributed by atoms with van der Waals surface area (Å²) in [4.78, 5) is 16.9. The molecular weight excluding hydrogens is 310 g/mol. The number of aryl methyl sites for hydroxylation is 3. The quantitative estimate of drug-likeness (QED) is 0.726. The molecule has 120 valence electrons. The lowest BCUT2D eigenvalue weighted by atomic mass is 10.1. The molecule has 0 aliphatic carbocycles. The van der Waals surface area contributed by atoms with Crippen molar-refractivity contribution in [2.45, 2.75) is 25.8 Å². The van der Waals surface area contributed by atoms with E-state index in [1.807, 2.05) is 49.1 Å². The topological polar surface area (TPSA) is 56.0 Å². The third kappa shape index (κ3) is 2.26. The number of carbonyl (C=O) groups excluding carboxylic acids is 1. The fourth-order valence-electron chi connectivity index (χ4n) is 3.42. The SMILES string of the molecule is Cc1nn(C)c2sc(C(=O)N3CCC[C@H]3c3cnn(C)c3)cc12. The molecule has 0 bridgehead atoms. The molecule has 0 spiro atoms. The van der Waals surface area contributed by atoms with Gasteiger partial charge in [0.1, 0.15) is 4.83 Å². The average molecular weight is 329 g/mol. The molecule has 0 unspecified atom stereocenters. The van der Waals surface area contributed by atoms with E-state index in [2.05, 4.69) is 10.2 Å². The molecule has 1 atom stereocenters. The first-order valence-electron chi connectivity index (χ1n) is 7.77. The average Bonchev–Trinajstić information content (AvgIpc) is 3.26. The zero-order chi connectivity index (χ0) is 16.1. The summed E-state index contributed by atoms with van der Waals surface area (Å²) in [6, 6.07) is 2.13. The monoisotopic (exact) mass is 329 g/mol. The number of hydrogen-bond acceptors (Lipinski definition) is 4. The molecule has 3 aromatic heterocycles. The van der Waals surface area contributed by atoms with Crippen LogP contribution in [0.2, 0.25) is 0 Å². The Morgan fingerprint density at radius 3 is 2.91 bits per heavy atom. The second-order valence-corrected chi connectivity index (χ2v) is 7.17. The zero-order valence-corrected chi connectivity index (χ0v) is 14.3. The molecule has 4 heterocycles. The van der Waals surface area contributed by atoms with Gasteiger partial charge in [-0.2, -0.15) is 10.2 Å². The van der Waals surface area contributed by atoms with Crippen molar-refractivity contribution in [1.82, 2.24) is 24.5 Å². The van der Waals surface area contributed by atoms with Gasteiger partial charge in [0, 0.05) is 37.8 Å². The van der Waals surface area contributed by atoms with Gasteiger partial charge in [-0.1, -0.05) is 0 Å². The minimum Gasteiger partial charge on any atom is -0.331 e. The van der Waals surface area contributed by atoms with E-state index < -0.39 is 0 Å². The van der Waals surface area contributed by atoms with Gasteiger partial charge < -0.3 is 4.90 Å². The number of thiophene rings is 1. The Morgan fingerprint density at radius 2 is 2.22 bits per heavy atom. The Morgan fingerprint density at radius 1 is 1.39 bits per heavy atom. The maximum atomic E-state index is 13.0. The van der Waals surface area contributed by atoms with E-state index in [4.69, 9.17) is 0 Å². The van der Waals surface area contributed by atoms with E-state index in [0.717, 1.165) is 45.7 Å². The van der Waals surface area contributed by atoms with Gasteiger partial charge >= 0.3 is 0 Å². The number of fused-ring (bicyclic) bond motifs is 1. The van der Waals surface area contributed by atoms with Gasteiger partial charge in [-0.3, -0.25) is 14.2 Å². The second kappa shape index (κ2) is 5.19. The highest BCUT2D eigenvalue weighted by Crippen LogP contribution is 2.35. The van der Waals surface area contributed by atoms with Crippen molar-refractivity contribution in [1.29, 1.82) is 0 Å². The number of hydrogen-bond donors (Lipinski definition) is 0. The lowest BCUT2D eigenvalue weighted by molar-refractivity contribution is 0.0740. The predicted molar refractivity (Wildman–Crippen MR) is 89.5 cm³/mol. The summed E-state index contributed by atoms with van der Waals surface area (Å²) in [5.41, 5.74) is 2.10. The second-order valence-electron chi connectivity index (χ2n) is 6.14. The van der Waals surface area contributed by atoms with Crippen LogP contribution in [0.25, 0.3) is 10.2 Å². The molecule has 7 heteroatoms. The normalized spacial score (nSPS) is 18.2. The van der Waals surface area contributed by atoms with Crippen LogP contribution in [0.15, 0.2) is 18.5 Å². The Bertz CT molecular complexity index is 855. The molecule has 1 amide bonds. The number of likely N-dealkylation sites (tertiary alicyclic amines) is 1. The zero-order valence-electron chi connectivity index (χ0n) is 13.5. The van der Waals surface area contributed by atoms with Crippen molar-refractivity contribution in [3.63, 3.8) is 0 Å². The van der Waals surface area contributed by atoms with Crippen molar-refractivity contribution in [2.75, 3.05) is 6.54 Å². The minimum atomic E-state index is 0.122. The Kier molecular flexibility index (Phi) is 3.26. The maximum Gasteiger partial charge on any atom is 0.264 e. The molecule has 0 N–H and O–H groups in total. The van der Waals surface area contributed by atoms with Gasteiger partial charge in [0.05, 0.1) is 22.8 Å². The number of aromatic nitrogens is 4. The molecule has 3 aromatic rings. The number of amides is 1. The van der Waals surface area contributed by atoms with Gasteiger partial charge in [0.15, 0.2) is 0 Å². The fourth-order valence-corrected chi connectivity index (χ4v) is 4.50. The van der Waals surface area contributed by atoms with Crippen LogP contribution in [0, 0.1) is 6.92 Å². The van der Waals surface area contributed by atoms with Gasteiger partial charge in [-0.15, -0.1) is 11.3 Å². The number of rotatable bonds is 2. The van der Waals surface area contributed by atoms with Crippen LogP contribution in [0.4, 0.5) is 0 Å². The Hall–Kier alpha value is -2.15. The van der Waals surface area contributed by atoms with Crippen molar-refractivity contribution in [3.05, 3.63) is 34.6 Å². The van der Waals surface area contributed by atoms with Crippen LogP contribution < -0.4 is 0 Å². The van der Waals surface area contributed by atoms with E-state index in [9.17, 15) is 4.79 Å². The molecule has 1 saturated heterocycles. The lowest BCUT2D eigenvalue weighted by Crippen LogP contribution is -2.29. The van der Waals surface area contributed by atoms with Crippen LogP contribution >= 0.6 is 11.3 Å². The first-order chi connectivity index (χ1) is 11.0. The maximum absolute atomic E-state index is 13.0. The minimum absolute atomic E-state index is 0.122. The summed E-state index contributed by atoms with van der Waals surface area (Å²) >= 11 is 1.53. The number of carbonyl (C=O) groups is 1. The van der Waals surface area contributed by atoms with Crippen LogP contribution in [0.3, 0.4) is 0 Å². The summed E-state index contributed by atoms with van der Waals surface area (Å²) < 4.78 is 3.65. The van der Waals surface area contributed by atoms with Crippen LogP contribution in [0.1, 0.15) is 39.8 Å². The van der Waals surface area contributed by atoms with E-state index >= 15 is 0 Å². The van der Waals surface area contributed by atoms with Crippen LogP contribution in [-0.2, 0) is 14.1 Å². The van der Waals surface area contributed by atoms with Gasteiger partial charge in [-0.25, -0.2) is 0 Å². The molecule has 23 heavy (non-hydrogen) atoms. The third-order valence-electron chi connectivity index (χ3n) is 4.53. The van der Waals surface area contributed by atoms with Gasteiger partial charge in [-0.05, 0) is 25.8 Å². The van der Waals surface area contributed by atoms with E-state index in [1.165, 1.54) is 11.3 Å². The van der Waals surface area contributed by atoms with Gasteiger partial charge in [0.25, 0.3) is 5.91 Å². The molecule has 6 nitrogen and oxygen atoms in total. The Labute approximate surface area is 138 Å². The summed E-state index contributed by atoms with van der Waals surface area (Å²) in [5.74, 6) is 0.122. The van der Waals surface area contributed by atoms with Crippen LogP contribution in [-0.4, -0.2) is 36.9 Å². The van der Waals surface area contributed by atoms with E-state index in [-0.39, 0.29) is 11.9 Å². The number of nitrogens with zero attached hydrogens (tertiary/aromatic N) is 5. The van der Waals surface area contributed by atoms with Crippen molar-refractivity contribution in [3.8, 4) is 0 Å². The highest BCUT2D eigenvalue weighted by molar-refractivity contribution is 7.20. The van der Waals surface area contributed by atoms with Crippen molar-refractivity contribution >= 4 is 27.5 Å². The summed E-state index contributed by atoms with van der Waals surface area (Å²) in [7, 11) is 3.83. The molecule has 0 radical (unpaired) electrons. The van der Waals surface area contributed by atoms with Crippen molar-refractivity contribution in [2.24, 2.45) is 14.1 Å². The molecule has 4 rings (SSSR count). The summed E-state index contributed by atoms with van der Waals surface area (Å²) in [6.45, 7) is 2.79. The molecular formula is C16H19N5OS. The highest BCUT2D eigenvalue weighted by Gasteiger charge is 2.32. The molecule has 1 aliphatic heterocycles. The first kappa shape index (κ1) is 14.4. The summed E-state index contributed by atoms with van der Waals surface area (Å²) in [5, 5.41) is 9.73. The first-order valence-corrected chi connectivity index (χ1v) is 8.59. The largest absolute Gasteiger partial charge is 0.331 e. The highest BCUT2D eigenvalue weighted by atomic mass is 32.1. The van der Waals surface area contributed by atoms with E-state index in [0.29, 0.717) is 0 Å². The van der Waals surface area contributed by atoms with Crippen molar-refractivity contribution < 1.29 is 4.79 Å². The molecule has 0 aromatic carbocycles.